The van der Waals surface area contributed by atoms with Crippen LogP contribution >= 0.6 is 0 Å². The molecule has 0 spiro atoms. The van der Waals surface area contributed by atoms with Gasteiger partial charge in [-0.25, -0.2) is 9.69 Å². The van der Waals surface area contributed by atoms with Gasteiger partial charge in [0, 0.05) is 12.1 Å². The minimum Gasteiger partial charge on any atom is -0.497 e. The van der Waals surface area contributed by atoms with Gasteiger partial charge in [0.1, 0.15) is 5.75 Å². The first-order valence-corrected chi connectivity index (χ1v) is 11.0. The van der Waals surface area contributed by atoms with Crippen LogP contribution in [0, 0.1) is 0 Å². The van der Waals surface area contributed by atoms with Crippen molar-refractivity contribution in [3.05, 3.63) is 95.6 Å². The third-order valence-electron chi connectivity index (χ3n) is 5.63. The molecule has 3 aromatic carbocycles. The number of benzene rings is 3. The zero-order valence-corrected chi connectivity index (χ0v) is 19.1. The van der Waals surface area contributed by atoms with Gasteiger partial charge in [-0.15, -0.1) is 0 Å². The highest BCUT2D eigenvalue weighted by molar-refractivity contribution is 6.22. The molecule has 0 aromatic heterocycles. The van der Waals surface area contributed by atoms with Gasteiger partial charge in [0.2, 0.25) is 5.91 Å². The minimum atomic E-state index is -0.686. The van der Waals surface area contributed by atoms with Gasteiger partial charge < -0.3 is 14.8 Å². The van der Waals surface area contributed by atoms with Crippen molar-refractivity contribution in [2.45, 2.75) is 19.0 Å². The number of carbonyl (C=O) groups is 4. The predicted molar refractivity (Wildman–Crippen MR) is 128 cm³/mol. The van der Waals surface area contributed by atoms with Crippen LogP contribution in [-0.2, 0) is 20.9 Å². The van der Waals surface area contributed by atoms with E-state index in [0.717, 1.165) is 10.5 Å². The fraction of sp³-hybridized carbons (Fsp3) is 0.185. The molecule has 0 radical (unpaired) electrons. The summed E-state index contributed by atoms with van der Waals surface area (Å²) in [5.74, 6) is -1.18. The van der Waals surface area contributed by atoms with Crippen molar-refractivity contribution in [3.63, 3.8) is 0 Å². The van der Waals surface area contributed by atoms with Gasteiger partial charge in [0.25, 0.3) is 5.91 Å². The molecule has 1 heterocycles. The van der Waals surface area contributed by atoms with Gasteiger partial charge >= 0.3 is 5.97 Å². The molecule has 4 rings (SSSR count). The van der Waals surface area contributed by atoms with Crippen LogP contribution in [0.2, 0.25) is 0 Å². The van der Waals surface area contributed by atoms with Gasteiger partial charge in [-0.05, 0) is 42.0 Å². The Bertz CT molecular complexity index is 1240. The molecule has 0 bridgehead atoms. The molecule has 1 aliphatic rings. The first-order chi connectivity index (χ1) is 17.0. The summed E-state index contributed by atoms with van der Waals surface area (Å²) >= 11 is 0. The molecule has 0 aliphatic carbocycles. The Morgan fingerprint density at radius 1 is 0.943 bits per heavy atom. The van der Waals surface area contributed by atoms with E-state index in [4.69, 9.17) is 9.47 Å². The lowest BCUT2D eigenvalue weighted by Crippen LogP contribution is -2.38. The number of ether oxygens (including phenoxy) is 2. The first-order valence-electron chi connectivity index (χ1n) is 11.0. The SMILES string of the molecule is COc1cccc(C(=O)COC(=O)c2ccc(N3C(=O)CC(NCc4ccccc4)C3=O)cc2)c1. The number of anilines is 1. The Hall–Kier alpha value is -4.30. The van der Waals surface area contributed by atoms with E-state index in [2.05, 4.69) is 5.32 Å². The number of nitrogens with one attached hydrogen (secondary N) is 1. The van der Waals surface area contributed by atoms with E-state index < -0.39 is 18.6 Å². The maximum absolute atomic E-state index is 12.8. The van der Waals surface area contributed by atoms with E-state index in [-0.39, 0.29) is 29.6 Å². The van der Waals surface area contributed by atoms with Crippen molar-refractivity contribution in [1.82, 2.24) is 5.32 Å². The van der Waals surface area contributed by atoms with Crippen molar-refractivity contribution < 1.29 is 28.7 Å². The zero-order chi connectivity index (χ0) is 24.8. The standard InChI is InChI=1S/C27H24N2O6/c1-34-22-9-5-8-20(14-22)24(30)17-35-27(33)19-10-12-21(13-11-19)29-25(31)15-23(26(29)32)28-16-18-6-3-2-4-7-18/h2-14,23,28H,15-17H2,1H3. The van der Waals surface area contributed by atoms with Crippen molar-refractivity contribution in [2.75, 3.05) is 18.6 Å². The number of hydrogen-bond acceptors (Lipinski definition) is 7. The fourth-order valence-corrected chi connectivity index (χ4v) is 3.74. The number of Topliss-reactive ketones (excluding diaryl/α,β-unsaturated/α-hetero) is 1. The quantitative estimate of drug-likeness (QED) is 0.290. The number of methoxy groups -OCH3 is 1. The van der Waals surface area contributed by atoms with Crippen LogP contribution in [0.25, 0.3) is 0 Å². The third kappa shape index (κ3) is 5.62. The summed E-state index contributed by atoms with van der Waals surface area (Å²) in [5.41, 5.74) is 1.95. The smallest absolute Gasteiger partial charge is 0.338 e. The molecular weight excluding hydrogens is 448 g/mol. The van der Waals surface area contributed by atoms with Gasteiger partial charge in [0.05, 0.1) is 30.8 Å². The number of ketones is 1. The molecule has 1 atom stereocenters. The van der Waals surface area contributed by atoms with Crippen LogP contribution in [0.15, 0.2) is 78.9 Å². The molecule has 1 unspecified atom stereocenters. The van der Waals surface area contributed by atoms with Crippen LogP contribution in [0.1, 0.15) is 32.7 Å². The molecule has 1 N–H and O–H groups in total. The maximum atomic E-state index is 12.8. The lowest BCUT2D eigenvalue weighted by Gasteiger charge is -2.16. The Morgan fingerprint density at radius 3 is 2.40 bits per heavy atom. The largest absolute Gasteiger partial charge is 0.497 e. The fourth-order valence-electron chi connectivity index (χ4n) is 3.74. The van der Waals surface area contributed by atoms with Gasteiger partial charge in [-0.2, -0.15) is 0 Å². The molecular formula is C27H24N2O6. The minimum absolute atomic E-state index is 0.0574. The first kappa shape index (κ1) is 23.8. The van der Waals surface area contributed by atoms with Crippen molar-refractivity contribution in [2.24, 2.45) is 0 Å². The maximum Gasteiger partial charge on any atom is 0.338 e. The highest BCUT2D eigenvalue weighted by Gasteiger charge is 2.39. The van der Waals surface area contributed by atoms with E-state index in [1.54, 1.807) is 24.3 Å². The summed E-state index contributed by atoms with van der Waals surface area (Å²) in [4.78, 5) is 51.1. The monoisotopic (exact) mass is 472 g/mol. The van der Waals surface area contributed by atoms with Crippen molar-refractivity contribution >= 4 is 29.3 Å². The Balaban J connectivity index is 1.34. The van der Waals surface area contributed by atoms with Crippen LogP contribution in [-0.4, -0.2) is 43.3 Å². The zero-order valence-electron chi connectivity index (χ0n) is 19.1. The predicted octanol–water partition coefficient (Wildman–Crippen LogP) is 3.16. The van der Waals surface area contributed by atoms with E-state index in [0.29, 0.717) is 23.5 Å². The van der Waals surface area contributed by atoms with Crippen LogP contribution in [0.4, 0.5) is 5.69 Å². The molecule has 3 aromatic rings. The summed E-state index contributed by atoms with van der Waals surface area (Å²) < 4.78 is 10.2. The van der Waals surface area contributed by atoms with Gasteiger partial charge in [-0.3, -0.25) is 14.4 Å². The highest BCUT2D eigenvalue weighted by Crippen LogP contribution is 2.24. The number of imide groups is 1. The lowest BCUT2D eigenvalue weighted by molar-refractivity contribution is -0.121. The number of rotatable bonds is 9. The molecule has 1 fully saturated rings. The van der Waals surface area contributed by atoms with E-state index in [1.165, 1.54) is 31.4 Å². The third-order valence-corrected chi connectivity index (χ3v) is 5.63. The van der Waals surface area contributed by atoms with Crippen LogP contribution < -0.4 is 15.0 Å². The molecule has 8 heteroatoms. The second-order valence-electron chi connectivity index (χ2n) is 7.97. The molecule has 8 nitrogen and oxygen atoms in total. The molecule has 1 saturated heterocycles. The number of carbonyl (C=O) groups excluding carboxylic acids is 4. The van der Waals surface area contributed by atoms with Crippen molar-refractivity contribution in [1.29, 1.82) is 0 Å². The Labute approximate surface area is 202 Å². The summed E-state index contributed by atoms with van der Waals surface area (Å²) in [5, 5.41) is 3.13. The van der Waals surface area contributed by atoms with E-state index in [1.807, 2.05) is 30.3 Å². The Kier molecular flexibility index (Phi) is 7.32. The summed E-state index contributed by atoms with van der Waals surface area (Å²) in [7, 11) is 1.50. The van der Waals surface area contributed by atoms with Crippen molar-refractivity contribution in [3.8, 4) is 5.75 Å². The Morgan fingerprint density at radius 2 is 1.69 bits per heavy atom. The lowest BCUT2D eigenvalue weighted by atomic mass is 10.1. The molecule has 35 heavy (non-hydrogen) atoms. The topological polar surface area (TPSA) is 102 Å². The molecule has 1 aliphatic heterocycles. The van der Waals surface area contributed by atoms with Gasteiger partial charge in [0.15, 0.2) is 12.4 Å². The second-order valence-corrected chi connectivity index (χ2v) is 7.97. The average Bonchev–Trinajstić information content (AvgIpc) is 3.19. The van der Waals surface area contributed by atoms with Crippen LogP contribution in [0.5, 0.6) is 5.75 Å². The van der Waals surface area contributed by atoms with Crippen LogP contribution in [0.3, 0.4) is 0 Å². The summed E-state index contributed by atoms with van der Waals surface area (Å²) in [6.07, 6.45) is 0.0574. The average molecular weight is 472 g/mol. The normalized spacial score (nSPS) is 15.2. The number of amides is 2. The van der Waals surface area contributed by atoms with E-state index >= 15 is 0 Å². The molecule has 0 saturated carbocycles. The number of nitrogens with zero attached hydrogens (tertiary/aromatic N) is 1. The number of hydrogen-bond donors (Lipinski definition) is 1. The van der Waals surface area contributed by atoms with E-state index in [9.17, 15) is 19.2 Å². The summed E-state index contributed by atoms with van der Waals surface area (Å²) in [6, 6.07) is 21.5. The second kappa shape index (κ2) is 10.8. The molecule has 178 valence electrons. The highest BCUT2D eigenvalue weighted by atomic mass is 16.5. The number of esters is 1. The molecule has 2 amide bonds. The summed E-state index contributed by atoms with van der Waals surface area (Å²) in [6.45, 7) is 0.0449. The van der Waals surface area contributed by atoms with Gasteiger partial charge in [-0.1, -0.05) is 42.5 Å².